The van der Waals surface area contributed by atoms with Gasteiger partial charge in [0, 0.05) is 17.3 Å². The maximum atomic E-state index is 12.5. The Kier molecular flexibility index (Phi) is 5.40. The third-order valence-electron chi connectivity index (χ3n) is 4.75. The molecule has 0 saturated carbocycles. The van der Waals surface area contributed by atoms with E-state index in [-0.39, 0.29) is 0 Å². The van der Waals surface area contributed by atoms with E-state index in [1.165, 1.54) is 0 Å². The molecular formula is C22H22N6O2. The molecule has 4 aromatic rings. The van der Waals surface area contributed by atoms with E-state index >= 15 is 0 Å². The molecular weight excluding hydrogens is 380 g/mol. The maximum Gasteiger partial charge on any atom is 0.320 e. The van der Waals surface area contributed by atoms with Crippen LogP contribution in [0.4, 0.5) is 10.6 Å². The molecule has 0 bridgehead atoms. The number of nitrogens with one attached hydrogen (secondary N) is 2. The number of aromatic nitrogens is 4. The molecule has 3 aromatic heterocycles. The third kappa shape index (κ3) is 4.13. The highest BCUT2D eigenvalue weighted by Crippen LogP contribution is 2.21. The number of hydrogen-bond donors (Lipinski definition) is 3. The second-order valence-corrected chi connectivity index (χ2v) is 7.07. The normalized spacial score (nSPS) is 13.0. The summed E-state index contributed by atoms with van der Waals surface area (Å²) in [4.78, 5) is 21.0. The number of hydrogen-bond acceptors (Lipinski definition) is 5. The summed E-state index contributed by atoms with van der Waals surface area (Å²) in [6.07, 6.45) is 4.36. The Hall–Kier alpha value is -3.78. The van der Waals surface area contributed by atoms with Crippen LogP contribution < -0.4 is 10.6 Å². The smallest absolute Gasteiger partial charge is 0.320 e. The predicted molar refractivity (Wildman–Crippen MR) is 114 cm³/mol. The SMILES string of the molecule is Cc1cc(-n2ncc3cc(NC(=O)NC(c4ccccc4)C(C)O)ncc32)ccn1. The molecule has 30 heavy (non-hydrogen) atoms. The van der Waals surface area contributed by atoms with E-state index in [4.69, 9.17) is 0 Å². The van der Waals surface area contributed by atoms with Gasteiger partial charge in [-0.25, -0.2) is 14.5 Å². The largest absolute Gasteiger partial charge is 0.391 e. The van der Waals surface area contributed by atoms with E-state index in [0.29, 0.717) is 5.82 Å². The van der Waals surface area contributed by atoms with Crippen molar-refractivity contribution in [2.45, 2.75) is 26.0 Å². The maximum absolute atomic E-state index is 12.5. The van der Waals surface area contributed by atoms with Crippen molar-refractivity contribution in [1.29, 1.82) is 0 Å². The van der Waals surface area contributed by atoms with Crippen molar-refractivity contribution in [3.8, 4) is 5.69 Å². The van der Waals surface area contributed by atoms with Crippen LogP contribution in [0.5, 0.6) is 0 Å². The zero-order chi connectivity index (χ0) is 21.1. The van der Waals surface area contributed by atoms with Gasteiger partial charge in [0.25, 0.3) is 0 Å². The number of fused-ring (bicyclic) bond motifs is 1. The molecule has 2 amide bonds. The summed E-state index contributed by atoms with van der Waals surface area (Å²) in [7, 11) is 0. The van der Waals surface area contributed by atoms with Gasteiger partial charge in [-0.05, 0) is 37.6 Å². The van der Waals surface area contributed by atoms with Crippen LogP contribution in [0.2, 0.25) is 0 Å². The van der Waals surface area contributed by atoms with Gasteiger partial charge in [0.15, 0.2) is 0 Å². The Labute approximate surface area is 173 Å². The van der Waals surface area contributed by atoms with Crippen LogP contribution >= 0.6 is 0 Å². The fourth-order valence-electron chi connectivity index (χ4n) is 3.30. The minimum atomic E-state index is -0.754. The highest BCUT2D eigenvalue weighted by Gasteiger charge is 2.20. The highest BCUT2D eigenvalue weighted by molar-refractivity contribution is 5.91. The van der Waals surface area contributed by atoms with E-state index < -0.39 is 18.2 Å². The van der Waals surface area contributed by atoms with E-state index in [1.54, 1.807) is 36.3 Å². The van der Waals surface area contributed by atoms with E-state index in [2.05, 4.69) is 25.7 Å². The molecule has 0 radical (unpaired) electrons. The number of amides is 2. The van der Waals surface area contributed by atoms with Crippen LogP contribution in [0.3, 0.4) is 0 Å². The molecule has 3 heterocycles. The molecule has 8 heteroatoms. The standard InChI is InChI=1S/C22H22N6O2/c1-14-10-18(8-9-23-14)28-19-13-24-20(11-17(19)12-25-28)26-22(30)27-21(15(2)29)16-6-4-3-5-7-16/h3-13,15,21,29H,1-2H3,(H2,24,26,27,30). The van der Waals surface area contributed by atoms with Gasteiger partial charge in [-0.2, -0.15) is 5.10 Å². The third-order valence-corrected chi connectivity index (χ3v) is 4.75. The Morgan fingerprint density at radius 3 is 2.63 bits per heavy atom. The van der Waals surface area contributed by atoms with Gasteiger partial charge in [-0.3, -0.25) is 10.3 Å². The Morgan fingerprint density at radius 1 is 1.10 bits per heavy atom. The molecule has 1 aromatic carbocycles. The molecule has 2 unspecified atom stereocenters. The molecule has 0 fully saturated rings. The van der Waals surface area contributed by atoms with Crippen molar-refractivity contribution in [1.82, 2.24) is 25.1 Å². The number of rotatable bonds is 5. The van der Waals surface area contributed by atoms with Crippen molar-refractivity contribution in [2.75, 3.05) is 5.32 Å². The lowest BCUT2D eigenvalue weighted by molar-refractivity contribution is 0.148. The van der Waals surface area contributed by atoms with Gasteiger partial charge >= 0.3 is 6.03 Å². The lowest BCUT2D eigenvalue weighted by atomic mass is 10.0. The first-order valence-corrected chi connectivity index (χ1v) is 9.58. The summed E-state index contributed by atoms with van der Waals surface area (Å²) in [5, 5.41) is 20.9. The number of carbonyl (C=O) groups excluding carboxylic acids is 1. The minimum Gasteiger partial charge on any atom is -0.391 e. The van der Waals surface area contributed by atoms with Crippen molar-refractivity contribution in [2.24, 2.45) is 0 Å². The zero-order valence-corrected chi connectivity index (χ0v) is 16.6. The van der Waals surface area contributed by atoms with E-state index in [0.717, 1.165) is 27.8 Å². The van der Waals surface area contributed by atoms with E-state index in [1.807, 2.05) is 49.4 Å². The summed E-state index contributed by atoms with van der Waals surface area (Å²) < 4.78 is 1.78. The molecule has 3 N–H and O–H groups in total. The lowest BCUT2D eigenvalue weighted by Gasteiger charge is -2.22. The van der Waals surface area contributed by atoms with Gasteiger partial charge in [0.05, 0.1) is 35.7 Å². The average Bonchev–Trinajstić information content (AvgIpc) is 3.16. The quantitative estimate of drug-likeness (QED) is 0.475. The fourth-order valence-corrected chi connectivity index (χ4v) is 3.30. The number of urea groups is 1. The van der Waals surface area contributed by atoms with Gasteiger partial charge < -0.3 is 10.4 Å². The van der Waals surface area contributed by atoms with Crippen molar-refractivity contribution >= 4 is 22.8 Å². The number of aliphatic hydroxyl groups excluding tert-OH is 1. The van der Waals surface area contributed by atoms with Crippen LogP contribution in [0.25, 0.3) is 16.6 Å². The van der Waals surface area contributed by atoms with E-state index in [9.17, 15) is 9.90 Å². The first-order valence-electron chi connectivity index (χ1n) is 9.58. The Morgan fingerprint density at radius 2 is 1.90 bits per heavy atom. The molecule has 2 atom stereocenters. The number of aryl methyl sites for hydroxylation is 1. The van der Waals surface area contributed by atoms with Gasteiger partial charge in [-0.1, -0.05) is 30.3 Å². The van der Waals surface area contributed by atoms with Crippen molar-refractivity contribution < 1.29 is 9.90 Å². The van der Waals surface area contributed by atoms with Crippen LogP contribution in [-0.2, 0) is 0 Å². The van der Waals surface area contributed by atoms with Crippen LogP contribution in [0.15, 0.2) is 67.1 Å². The Bertz CT molecular complexity index is 1170. The summed E-state index contributed by atoms with van der Waals surface area (Å²) in [6.45, 7) is 3.56. The molecule has 0 saturated heterocycles. The van der Waals surface area contributed by atoms with Gasteiger partial charge in [0.1, 0.15) is 5.82 Å². The topological polar surface area (TPSA) is 105 Å². The second-order valence-electron chi connectivity index (χ2n) is 7.07. The zero-order valence-electron chi connectivity index (χ0n) is 16.6. The second kappa shape index (κ2) is 8.30. The molecule has 0 aliphatic carbocycles. The molecule has 152 valence electrons. The number of pyridine rings is 2. The molecule has 0 aliphatic rings. The first kappa shape index (κ1) is 19.5. The minimum absolute atomic E-state index is 0.392. The molecule has 4 rings (SSSR count). The number of benzene rings is 1. The average molecular weight is 402 g/mol. The monoisotopic (exact) mass is 402 g/mol. The van der Waals surface area contributed by atoms with Crippen molar-refractivity contribution in [3.05, 3.63) is 78.4 Å². The lowest BCUT2D eigenvalue weighted by Crippen LogP contribution is -2.37. The number of nitrogens with zero attached hydrogens (tertiary/aromatic N) is 4. The van der Waals surface area contributed by atoms with Crippen LogP contribution in [0.1, 0.15) is 24.2 Å². The highest BCUT2D eigenvalue weighted by atomic mass is 16.3. The summed E-state index contributed by atoms with van der Waals surface area (Å²) >= 11 is 0. The number of carbonyl (C=O) groups is 1. The summed E-state index contributed by atoms with van der Waals surface area (Å²) in [5.41, 5.74) is 3.42. The first-order chi connectivity index (χ1) is 14.5. The summed E-state index contributed by atoms with van der Waals surface area (Å²) in [5.74, 6) is 0.392. The fraction of sp³-hybridized carbons (Fsp3) is 0.182. The van der Waals surface area contributed by atoms with Crippen molar-refractivity contribution in [3.63, 3.8) is 0 Å². The number of anilines is 1. The van der Waals surface area contributed by atoms with Gasteiger partial charge in [0.2, 0.25) is 0 Å². The molecule has 0 spiro atoms. The summed E-state index contributed by atoms with van der Waals surface area (Å²) in [6, 6.07) is 13.9. The van der Waals surface area contributed by atoms with Crippen LogP contribution in [-0.4, -0.2) is 37.0 Å². The Balaban J connectivity index is 1.52. The van der Waals surface area contributed by atoms with Gasteiger partial charge in [-0.15, -0.1) is 0 Å². The number of aliphatic hydroxyl groups is 1. The molecule has 8 nitrogen and oxygen atoms in total. The molecule has 0 aliphatic heterocycles. The van der Waals surface area contributed by atoms with Crippen LogP contribution in [0, 0.1) is 6.92 Å². The predicted octanol–water partition coefficient (Wildman–Crippen LogP) is 3.37.